The molecule has 0 saturated heterocycles. The Morgan fingerprint density at radius 1 is 1.14 bits per heavy atom. The molecule has 154 valence electrons. The molecule has 0 unspecified atom stereocenters. The van der Waals surface area contributed by atoms with E-state index in [2.05, 4.69) is 29.6 Å². The van der Waals surface area contributed by atoms with Crippen LogP contribution in [0, 0.1) is 5.92 Å². The van der Waals surface area contributed by atoms with Crippen LogP contribution in [0.5, 0.6) is 0 Å². The van der Waals surface area contributed by atoms with Crippen molar-refractivity contribution in [1.82, 2.24) is 24.7 Å². The van der Waals surface area contributed by atoms with Gasteiger partial charge in [0.2, 0.25) is 10.0 Å². The summed E-state index contributed by atoms with van der Waals surface area (Å²) in [7, 11) is 0.358. The van der Waals surface area contributed by atoms with Crippen LogP contribution in [0.25, 0.3) is 22.6 Å². The van der Waals surface area contributed by atoms with Crippen LogP contribution in [-0.4, -0.2) is 54.2 Å². The molecule has 2 aromatic heterocycles. The number of benzene rings is 1. The molecule has 1 aliphatic carbocycles. The minimum absolute atomic E-state index is 0.207. The van der Waals surface area contributed by atoms with Crippen molar-refractivity contribution in [3.63, 3.8) is 0 Å². The van der Waals surface area contributed by atoms with Crippen LogP contribution in [0.2, 0.25) is 0 Å². The molecule has 2 N–H and O–H groups in total. The van der Waals surface area contributed by atoms with Gasteiger partial charge in [-0.15, -0.1) is 0 Å². The van der Waals surface area contributed by atoms with Gasteiger partial charge in [0.25, 0.3) is 0 Å². The molecule has 0 spiro atoms. The Labute approximate surface area is 170 Å². The molecule has 29 heavy (non-hydrogen) atoms. The van der Waals surface area contributed by atoms with Gasteiger partial charge in [0, 0.05) is 18.7 Å². The molecule has 0 aliphatic heterocycles. The topological polar surface area (TPSA) is 104 Å². The zero-order chi connectivity index (χ0) is 20.4. The third kappa shape index (κ3) is 4.25. The van der Waals surface area contributed by atoms with Crippen molar-refractivity contribution in [3.8, 4) is 11.4 Å². The Morgan fingerprint density at radius 2 is 1.86 bits per heavy atom. The van der Waals surface area contributed by atoms with Crippen LogP contribution >= 0.6 is 0 Å². The first-order valence-corrected chi connectivity index (χ1v) is 11.5. The number of fused-ring (bicyclic) bond motifs is 1. The Kier molecular flexibility index (Phi) is 5.51. The molecule has 1 aromatic carbocycles. The SMILES string of the molecule is CNS(=O)(=O)CC1CCC(N(C)c2ncnc3nc(-c4ccccc4)[nH]c23)CC1. The lowest BCUT2D eigenvalue weighted by Crippen LogP contribution is -2.38. The zero-order valence-corrected chi connectivity index (χ0v) is 17.5. The molecule has 0 radical (unpaired) electrons. The number of nitrogens with one attached hydrogen (secondary N) is 2. The van der Waals surface area contributed by atoms with E-state index in [9.17, 15) is 8.42 Å². The van der Waals surface area contributed by atoms with E-state index in [-0.39, 0.29) is 11.7 Å². The van der Waals surface area contributed by atoms with Gasteiger partial charge >= 0.3 is 0 Å². The van der Waals surface area contributed by atoms with Gasteiger partial charge in [-0.1, -0.05) is 30.3 Å². The first-order valence-electron chi connectivity index (χ1n) is 9.87. The van der Waals surface area contributed by atoms with Gasteiger partial charge in [0.1, 0.15) is 17.7 Å². The van der Waals surface area contributed by atoms with Gasteiger partial charge in [0.15, 0.2) is 11.5 Å². The van der Waals surface area contributed by atoms with Crippen molar-refractivity contribution in [2.24, 2.45) is 5.92 Å². The molecule has 0 bridgehead atoms. The number of anilines is 1. The second kappa shape index (κ2) is 8.08. The highest BCUT2D eigenvalue weighted by molar-refractivity contribution is 7.89. The molecule has 0 amide bonds. The maximum atomic E-state index is 11.8. The molecule has 0 atom stereocenters. The molecule has 9 heteroatoms. The molecular weight excluding hydrogens is 388 g/mol. The van der Waals surface area contributed by atoms with Crippen molar-refractivity contribution in [2.45, 2.75) is 31.7 Å². The Hall–Kier alpha value is -2.52. The minimum atomic E-state index is -3.16. The van der Waals surface area contributed by atoms with E-state index in [0.29, 0.717) is 11.7 Å². The number of aromatic amines is 1. The summed E-state index contributed by atoms with van der Waals surface area (Å²) in [5.41, 5.74) is 2.48. The van der Waals surface area contributed by atoms with E-state index in [1.807, 2.05) is 37.4 Å². The first kappa shape index (κ1) is 19.8. The molecule has 1 fully saturated rings. The predicted molar refractivity (Wildman–Crippen MR) is 114 cm³/mol. The Balaban J connectivity index is 1.52. The third-order valence-electron chi connectivity index (χ3n) is 5.78. The zero-order valence-electron chi connectivity index (χ0n) is 16.7. The Morgan fingerprint density at radius 3 is 2.55 bits per heavy atom. The fraction of sp³-hybridized carbons (Fsp3) is 0.450. The highest BCUT2D eigenvalue weighted by Crippen LogP contribution is 2.32. The van der Waals surface area contributed by atoms with Crippen molar-refractivity contribution in [3.05, 3.63) is 36.7 Å². The third-order valence-corrected chi connectivity index (χ3v) is 7.31. The van der Waals surface area contributed by atoms with E-state index in [1.54, 1.807) is 6.33 Å². The number of imidazole rings is 1. The fourth-order valence-corrected chi connectivity index (χ4v) is 5.20. The lowest BCUT2D eigenvalue weighted by Gasteiger charge is -2.35. The summed E-state index contributed by atoms with van der Waals surface area (Å²) in [5.74, 6) is 2.02. The molecule has 3 aromatic rings. The summed E-state index contributed by atoms with van der Waals surface area (Å²) in [4.78, 5) is 19.0. The second-order valence-electron chi connectivity index (χ2n) is 7.62. The molecule has 2 heterocycles. The van der Waals surface area contributed by atoms with Gasteiger partial charge in [-0.3, -0.25) is 0 Å². The first-order chi connectivity index (χ1) is 14.0. The lowest BCUT2D eigenvalue weighted by molar-refractivity contribution is 0.340. The van der Waals surface area contributed by atoms with Crippen LogP contribution in [-0.2, 0) is 10.0 Å². The number of nitrogens with zero attached hydrogens (tertiary/aromatic N) is 4. The molecular formula is C20H26N6O2S. The van der Waals surface area contributed by atoms with E-state index in [4.69, 9.17) is 0 Å². The van der Waals surface area contributed by atoms with Crippen molar-refractivity contribution in [1.29, 1.82) is 0 Å². The molecule has 1 saturated carbocycles. The maximum absolute atomic E-state index is 11.8. The van der Waals surface area contributed by atoms with Gasteiger partial charge in [-0.2, -0.15) is 0 Å². The smallest absolute Gasteiger partial charge is 0.211 e. The second-order valence-corrected chi connectivity index (χ2v) is 9.59. The summed E-state index contributed by atoms with van der Waals surface area (Å²) in [6, 6.07) is 10.3. The van der Waals surface area contributed by atoms with Crippen LogP contribution < -0.4 is 9.62 Å². The highest BCUT2D eigenvalue weighted by Gasteiger charge is 2.28. The number of aromatic nitrogens is 4. The van der Waals surface area contributed by atoms with Crippen LogP contribution in [0.15, 0.2) is 36.7 Å². The van der Waals surface area contributed by atoms with Crippen molar-refractivity contribution in [2.75, 3.05) is 24.7 Å². The van der Waals surface area contributed by atoms with Crippen LogP contribution in [0.4, 0.5) is 5.82 Å². The fourth-order valence-electron chi connectivity index (χ4n) is 4.08. The highest BCUT2D eigenvalue weighted by atomic mass is 32.2. The van der Waals surface area contributed by atoms with Gasteiger partial charge < -0.3 is 9.88 Å². The largest absolute Gasteiger partial charge is 0.355 e. The summed E-state index contributed by atoms with van der Waals surface area (Å²) in [5, 5.41) is 0. The van der Waals surface area contributed by atoms with Gasteiger partial charge in [0.05, 0.1) is 5.75 Å². The summed E-state index contributed by atoms with van der Waals surface area (Å²) >= 11 is 0. The average Bonchev–Trinajstić information content (AvgIpc) is 3.19. The summed E-state index contributed by atoms with van der Waals surface area (Å²) < 4.78 is 26.1. The summed E-state index contributed by atoms with van der Waals surface area (Å²) in [6.45, 7) is 0. The number of hydrogen-bond donors (Lipinski definition) is 2. The number of rotatable bonds is 6. The quantitative estimate of drug-likeness (QED) is 0.642. The lowest BCUT2D eigenvalue weighted by atomic mass is 9.86. The van der Waals surface area contributed by atoms with Crippen LogP contribution in [0.1, 0.15) is 25.7 Å². The summed E-state index contributed by atoms with van der Waals surface area (Å²) in [6.07, 6.45) is 5.21. The normalized spacial score (nSPS) is 20.1. The van der Waals surface area contributed by atoms with Gasteiger partial charge in [-0.05, 0) is 38.6 Å². The average molecular weight is 415 g/mol. The van der Waals surface area contributed by atoms with E-state index >= 15 is 0 Å². The van der Waals surface area contributed by atoms with E-state index in [0.717, 1.165) is 48.4 Å². The van der Waals surface area contributed by atoms with E-state index in [1.165, 1.54) is 7.05 Å². The monoisotopic (exact) mass is 414 g/mol. The van der Waals surface area contributed by atoms with Crippen molar-refractivity contribution >= 4 is 27.0 Å². The Bertz CT molecular complexity index is 1070. The number of hydrogen-bond acceptors (Lipinski definition) is 6. The number of H-pyrrole nitrogens is 1. The molecule has 4 rings (SSSR count). The molecule has 1 aliphatic rings. The standard InChI is InChI=1S/C20H26N6O2S/c1-21-29(27,28)12-14-8-10-16(11-9-14)26(2)20-17-19(22-13-23-20)25-18(24-17)15-6-4-3-5-7-15/h3-7,13-14,16,21H,8-12H2,1-2H3,(H,22,23,24,25). The van der Waals surface area contributed by atoms with Crippen molar-refractivity contribution < 1.29 is 8.42 Å². The molecule has 8 nitrogen and oxygen atoms in total. The van der Waals surface area contributed by atoms with Crippen LogP contribution in [0.3, 0.4) is 0 Å². The minimum Gasteiger partial charge on any atom is -0.355 e. The number of sulfonamides is 1. The maximum Gasteiger partial charge on any atom is 0.211 e. The predicted octanol–water partition coefficient (Wildman–Crippen LogP) is 2.56. The van der Waals surface area contributed by atoms with E-state index < -0.39 is 10.0 Å². The van der Waals surface area contributed by atoms with Gasteiger partial charge in [-0.25, -0.2) is 28.1 Å².